The monoisotopic (exact) mass is 919 g/mol. The van der Waals surface area contributed by atoms with Crippen molar-refractivity contribution in [3.8, 4) is 11.5 Å². The molecule has 0 radical (unpaired) electrons. The van der Waals surface area contributed by atoms with E-state index < -0.39 is 0 Å². The fraction of sp³-hybridized carbons (Fsp3) is 0.545. The molecule has 0 fully saturated rings. The average Bonchev–Trinajstić information content (AvgIpc) is 3.37. The fourth-order valence-corrected chi connectivity index (χ4v) is 9.94. The molecule has 0 bridgehead atoms. The van der Waals surface area contributed by atoms with Crippen LogP contribution < -0.4 is 9.47 Å². The molecule has 68 heavy (non-hydrogen) atoms. The molecule has 370 valence electrons. The van der Waals surface area contributed by atoms with Crippen molar-refractivity contribution in [3.05, 3.63) is 119 Å². The van der Waals surface area contributed by atoms with Crippen LogP contribution >= 0.6 is 0 Å². The third-order valence-corrected chi connectivity index (χ3v) is 14.2. The minimum Gasteiger partial charge on any atom is -0.494 e. The molecule has 0 unspecified atom stereocenters. The molecular formula is C66H94O2. The van der Waals surface area contributed by atoms with E-state index in [0.717, 1.165) is 37.6 Å². The summed E-state index contributed by atoms with van der Waals surface area (Å²) in [5.74, 6) is 1.92. The van der Waals surface area contributed by atoms with Gasteiger partial charge >= 0.3 is 0 Å². The highest BCUT2D eigenvalue weighted by molar-refractivity contribution is 6.14. The summed E-state index contributed by atoms with van der Waals surface area (Å²) in [6, 6.07) is 34.9. The molecule has 0 N–H and O–H groups in total. The lowest BCUT2D eigenvalue weighted by Crippen LogP contribution is -1.97. The first-order chi connectivity index (χ1) is 33.8. The number of hydrogen-bond acceptors (Lipinski definition) is 2. The van der Waals surface area contributed by atoms with Gasteiger partial charge in [-0.1, -0.05) is 304 Å². The predicted molar refractivity (Wildman–Crippen MR) is 302 cm³/mol. The summed E-state index contributed by atoms with van der Waals surface area (Å²) in [4.78, 5) is 0. The Morgan fingerprint density at radius 3 is 0.750 bits per heavy atom. The van der Waals surface area contributed by atoms with Crippen LogP contribution in [0.3, 0.4) is 0 Å². The minimum absolute atomic E-state index is 0.797. The molecular weight excluding hydrogens is 825 g/mol. The van der Waals surface area contributed by atoms with Crippen LogP contribution in [0.15, 0.2) is 97.1 Å². The zero-order chi connectivity index (χ0) is 47.4. The van der Waals surface area contributed by atoms with Gasteiger partial charge in [-0.2, -0.15) is 0 Å². The molecule has 0 aliphatic heterocycles. The van der Waals surface area contributed by atoms with E-state index >= 15 is 0 Å². The normalized spacial score (nSPS) is 11.8. The van der Waals surface area contributed by atoms with Gasteiger partial charge in [-0.3, -0.25) is 0 Å². The highest BCUT2D eigenvalue weighted by Crippen LogP contribution is 2.35. The maximum absolute atomic E-state index is 6.15. The van der Waals surface area contributed by atoms with Gasteiger partial charge < -0.3 is 9.47 Å². The molecule has 0 spiro atoms. The maximum Gasteiger partial charge on any atom is 0.119 e. The molecule has 2 heteroatoms. The second-order valence-electron chi connectivity index (χ2n) is 20.0. The van der Waals surface area contributed by atoms with Gasteiger partial charge in [0.05, 0.1) is 13.2 Å². The van der Waals surface area contributed by atoms with Crippen LogP contribution in [0, 0.1) is 0 Å². The first-order valence-electron chi connectivity index (χ1n) is 28.5. The molecule has 0 aliphatic rings. The van der Waals surface area contributed by atoms with Gasteiger partial charge in [0.2, 0.25) is 0 Å². The highest BCUT2D eigenvalue weighted by Gasteiger charge is 2.11. The lowest BCUT2D eigenvalue weighted by Gasteiger charge is -2.13. The van der Waals surface area contributed by atoms with E-state index in [-0.39, 0.29) is 0 Å². The second kappa shape index (κ2) is 35.8. The molecule has 0 aliphatic carbocycles. The van der Waals surface area contributed by atoms with Crippen molar-refractivity contribution in [1.29, 1.82) is 0 Å². The third kappa shape index (κ3) is 22.0. The molecule has 5 aromatic rings. The van der Waals surface area contributed by atoms with E-state index in [4.69, 9.17) is 9.47 Å². The zero-order valence-corrected chi connectivity index (χ0v) is 43.4. The molecule has 0 saturated heterocycles. The predicted octanol–water partition coefficient (Wildman–Crippen LogP) is 21.6. The fourth-order valence-electron chi connectivity index (χ4n) is 9.94. The highest BCUT2D eigenvalue weighted by atomic mass is 16.5. The van der Waals surface area contributed by atoms with E-state index in [0.29, 0.717) is 0 Å². The second-order valence-corrected chi connectivity index (χ2v) is 20.0. The Morgan fingerprint density at radius 1 is 0.265 bits per heavy atom. The van der Waals surface area contributed by atoms with E-state index in [9.17, 15) is 0 Å². The number of unbranched alkanes of at least 4 members (excludes halogenated alkanes) is 30. The Morgan fingerprint density at radius 2 is 0.500 bits per heavy atom. The van der Waals surface area contributed by atoms with Crippen LogP contribution in [0.25, 0.3) is 45.8 Å². The molecule has 0 amide bonds. The number of fused-ring (bicyclic) bond motifs is 2. The Hall–Kier alpha value is -4.30. The van der Waals surface area contributed by atoms with Crippen molar-refractivity contribution < 1.29 is 9.47 Å². The summed E-state index contributed by atoms with van der Waals surface area (Å²) in [5, 5.41) is 5.05. The molecule has 0 atom stereocenters. The Balaban J connectivity index is 0.987. The van der Waals surface area contributed by atoms with Gasteiger partial charge in [0, 0.05) is 0 Å². The zero-order valence-electron chi connectivity index (χ0n) is 43.4. The molecule has 2 nitrogen and oxygen atoms in total. The maximum atomic E-state index is 6.15. The van der Waals surface area contributed by atoms with E-state index in [1.54, 1.807) is 0 Å². The summed E-state index contributed by atoms with van der Waals surface area (Å²) in [6.07, 6.45) is 53.4. The summed E-state index contributed by atoms with van der Waals surface area (Å²) in [7, 11) is 0. The lowest BCUT2D eigenvalue weighted by molar-refractivity contribution is 0.304. The van der Waals surface area contributed by atoms with Crippen molar-refractivity contribution in [2.45, 2.75) is 219 Å². The largest absolute Gasteiger partial charge is 0.494 e. The third-order valence-electron chi connectivity index (χ3n) is 14.2. The number of hydrogen-bond donors (Lipinski definition) is 0. The van der Waals surface area contributed by atoms with Crippen LogP contribution in [-0.2, 0) is 0 Å². The number of benzene rings is 5. The Kier molecular flexibility index (Phi) is 28.7. The molecule has 5 aromatic carbocycles. The van der Waals surface area contributed by atoms with Crippen LogP contribution in [-0.4, -0.2) is 13.2 Å². The topological polar surface area (TPSA) is 18.5 Å². The lowest BCUT2D eigenvalue weighted by atomic mass is 9.91. The van der Waals surface area contributed by atoms with Gasteiger partial charge in [-0.15, -0.1) is 0 Å². The molecule has 0 heterocycles. The first-order valence-corrected chi connectivity index (χ1v) is 28.5. The van der Waals surface area contributed by atoms with Gasteiger partial charge in [-0.05, 0) is 80.9 Å². The summed E-state index contributed by atoms with van der Waals surface area (Å²) in [5.41, 5.74) is 4.86. The van der Waals surface area contributed by atoms with E-state index in [1.807, 2.05) is 0 Å². The van der Waals surface area contributed by atoms with Crippen molar-refractivity contribution in [3.63, 3.8) is 0 Å². The quantitative estimate of drug-likeness (QED) is 0.0221. The van der Waals surface area contributed by atoms with Crippen LogP contribution in [0.5, 0.6) is 11.5 Å². The van der Waals surface area contributed by atoms with Gasteiger partial charge in [0.15, 0.2) is 0 Å². The van der Waals surface area contributed by atoms with E-state index in [1.165, 1.54) is 236 Å². The number of rotatable bonds is 40. The Labute approximate surface area is 416 Å². The SMILES string of the molecule is CCCCCCCCCCCCCCCCCCOc1ccc(/C=C/c2c3ccccc3c(/C=C/c3ccc(OCCCCCCCCCCCCCCCCCC)cc3)c3ccccc23)cc1. The average molecular weight is 919 g/mol. The first kappa shape index (κ1) is 54.6. The van der Waals surface area contributed by atoms with Gasteiger partial charge in [0.1, 0.15) is 11.5 Å². The van der Waals surface area contributed by atoms with Crippen molar-refractivity contribution in [2.75, 3.05) is 13.2 Å². The van der Waals surface area contributed by atoms with Gasteiger partial charge in [-0.25, -0.2) is 0 Å². The van der Waals surface area contributed by atoms with Crippen LogP contribution in [0.1, 0.15) is 242 Å². The summed E-state index contributed by atoms with van der Waals surface area (Å²) < 4.78 is 12.3. The van der Waals surface area contributed by atoms with Crippen molar-refractivity contribution in [2.24, 2.45) is 0 Å². The van der Waals surface area contributed by atoms with Crippen LogP contribution in [0.4, 0.5) is 0 Å². The minimum atomic E-state index is 0.797. The smallest absolute Gasteiger partial charge is 0.119 e. The molecule has 5 rings (SSSR count). The standard InChI is InChI=1S/C66H94O2/c1-3-5-7-9-11-13-15-17-19-21-23-25-27-29-31-37-55-67-59-49-43-57(44-50-59)47-53-65-61-39-33-35-41-63(61)66(64-42-36-34-40-62(64)65)54-48-58-45-51-60(52-46-58)68-56-38-32-30-28-26-24-22-20-18-16-14-12-10-8-6-4-2/h33-36,39-54H,3-32,37-38,55-56H2,1-2H3/b53-47+,54-48+. The summed E-state index contributed by atoms with van der Waals surface area (Å²) in [6.45, 7) is 6.19. The molecule has 0 saturated carbocycles. The number of ether oxygens (including phenoxy) is 2. The van der Waals surface area contributed by atoms with E-state index in [2.05, 4.69) is 135 Å². The van der Waals surface area contributed by atoms with Crippen molar-refractivity contribution >= 4 is 45.8 Å². The Bertz CT molecular complexity index is 1860. The van der Waals surface area contributed by atoms with Gasteiger partial charge in [0.25, 0.3) is 0 Å². The molecule has 0 aromatic heterocycles. The van der Waals surface area contributed by atoms with Crippen molar-refractivity contribution in [1.82, 2.24) is 0 Å². The van der Waals surface area contributed by atoms with Crippen LogP contribution in [0.2, 0.25) is 0 Å². The summed E-state index contributed by atoms with van der Waals surface area (Å²) >= 11 is 0.